The molecule has 0 aliphatic heterocycles. The molecule has 0 fully saturated rings. The van der Waals surface area contributed by atoms with Gasteiger partial charge in [0.2, 0.25) is 0 Å². The Balaban J connectivity index is 2.63. The molecule has 0 saturated carbocycles. The minimum Gasteiger partial charge on any atom is -0.382 e. The molecule has 0 aliphatic rings. The molecule has 0 spiro atoms. The first kappa shape index (κ1) is 11.0. The second-order valence-electron chi connectivity index (χ2n) is 3.60. The number of halogens is 2. The van der Waals surface area contributed by atoms with Crippen LogP contribution in [0.3, 0.4) is 0 Å². The summed E-state index contributed by atoms with van der Waals surface area (Å²) in [4.78, 5) is 0. The molecule has 0 unspecified atom stereocenters. The van der Waals surface area contributed by atoms with Gasteiger partial charge in [0.1, 0.15) is 5.82 Å². The van der Waals surface area contributed by atoms with E-state index in [1.54, 1.807) is 23.9 Å². The van der Waals surface area contributed by atoms with Crippen LogP contribution < -0.4 is 5.73 Å². The zero-order chi connectivity index (χ0) is 11.9. The smallest absolute Gasteiger partial charge is 0.153 e. The molecule has 3 nitrogen and oxygen atoms in total. The van der Waals surface area contributed by atoms with Crippen LogP contribution in [0.4, 0.5) is 10.2 Å². The molecule has 1 aromatic carbocycles. The van der Waals surface area contributed by atoms with Gasteiger partial charge in [-0.1, -0.05) is 17.7 Å². The Hall–Kier alpha value is -1.55. The molecule has 0 radical (unpaired) electrons. The molecule has 0 bridgehead atoms. The summed E-state index contributed by atoms with van der Waals surface area (Å²) in [6, 6.07) is 4.52. The lowest BCUT2D eigenvalue weighted by atomic mass is 10.1. The largest absolute Gasteiger partial charge is 0.382 e. The fourth-order valence-electron chi connectivity index (χ4n) is 1.64. The second kappa shape index (κ2) is 3.79. The van der Waals surface area contributed by atoms with Crippen LogP contribution in [-0.4, -0.2) is 9.78 Å². The van der Waals surface area contributed by atoms with Crippen molar-refractivity contribution in [3.8, 4) is 11.1 Å². The normalized spacial score (nSPS) is 10.8. The summed E-state index contributed by atoms with van der Waals surface area (Å²) < 4.78 is 14.7. The van der Waals surface area contributed by atoms with Gasteiger partial charge in [0.25, 0.3) is 0 Å². The lowest BCUT2D eigenvalue weighted by Crippen LogP contribution is -1.93. The highest BCUT2D eigenvalue weighted by Crippen LogP contribution is 2.31. The topological polar surface area (TPSA) is 43.8 Å². The number of hydrogen-bond donors (Lipinski definition) is 1. The number of nitrogen functional groups attached to an aromatic ring is 1. The maximum absolute atomic E-state index is 13.0. The standard InChI is InChI=1S/C11H11ClFN3/c1-6-10(11(14)15-16(6)2)7-3-4-9(13)8(12)5-7/h3-5H,1-2H3,(H2,14,15). The monoisotopic (exact) mass is 239 g/mol. The Kier molecular flexibility index (Phi) is 2.59. The van der Waals surface area contributed by atoms with Crippen molar-refractivity contribution in [2.24, 2.45) is 7.05 Å². The maximum atomic E-state index is 13.0. The van der Waals surface area contributed by atoms with Crippen LogP contribution in [0.5, 0.6) is 0 Å². The Morgan fingerprint density at radius 3 is 2.62 bits per heavy atom. The van der Waals surface area contributed by atoms with E-state index >= 15 is 0 Å². The van der Waals surface area contributed by atoms with E-state index in [0.717, 1.165) is 16.8 Å². The second-order valence-corrected chi connectivity index (χ2v) is 4.01. The molecule has 2 N–H and O–H groups in total. The average Bonchev–Trinajstić information content (AvgIpc) is 2.47. The summed E-state index contributed by atoms with van der Waals surface area (Å²) in [6.07, 6.45) is 0. The van der Waals surface area contributed by atoms with Crippen molar-refractivity contribution < 1.29 is 4.39 Å². The Labute approximate surface area is 97.6 Å². The number of rotatable bonds is 1. The summed E-state index contributed by atoms with van der Waals surface area (Å²) in [5.74, 6) is -0.0202. The van der Waals surface area contributed by atoms with Crippen LogP contribution in [-0.2, 0) is 7.05 Å². The number of nitrogens with two attached hydrogens (primary N) is 1. The number of hydrogen-bond acceptors (Lipinski definition) is 2. The van der Waals surface area contributed by atoms with E-state index < -0.39 is 5.82 Å². The third kappa shape index (κ3) is 1.65. The van der Waals surface area contributed by atoms with Gasteiger partial charge in [-0.25, -0.2) is 4.39 Å². The molecule has 0 amide bonds. The third-order valence-electron chi connectivity index (χ3n) is 2.57. The van der Waals surface area contributed by atoms with Crippen LogP contribution in [0.2, 0.25) is 5.02 Å². The quantitative estimate of drug-likeness (QED) is 0.832. The number of aromatic nitrogens is 2. The predicted molar refractivity (Wildman–Crippen MR) is 62.8 cm³/mol. The van der Waals surface area contributed by atoms with Crippen molar-refractivity contribution in [2.45, 2.75) is 6.92 Å². The summed E-state index contributed by atoms with van der Waals surface area (Å²) in [7, 11) is 1.81. The first-order valence-electron chi connectivity index (χ1n) is 4.75. The van der Waals surface area contributed by atoms with E-state index in [1.165, 1.54) is 6.07 Å². The molecule has 1 aromatic heterocycles. The molecule has 16 heavy (non-hydrogen) atoms. The lowest BCUT2D eigenvalue weighted by molar-refractivity contribution is 0.628. The zero-order valence-electron chi connectivity index (χ0n) is 8.96. The molecular weight excluding hydrogens is 229 g/mol. The minimum absolute atomic E-state index is 0.0835. The molecule has 0 saturated heterocycles. The fourth-order valence-corrected chi connectivity index (χ4v) is 1.82. The molecule has 5 heteroatoms. The van der Waals surface area contributed by atoms with Crippen molar-refractivity contribution >= 4 is 17.4 Å². The Bertz CT molecular complexity index is 548. The highest BCUT2D eigenvalue weighted by atomic mass is 35.5. The van der Waals surface area contributed by atoms with E-state index in [-0.39, 0.29) is 5.02 Å². The van der Waals surface area contributed by atoms with Crippen molar-refractivity contribution in [1.29, 1.82) is 0 Å². The zero-order valence-corrected chi connectivity index (χ0v) is 9.72. The number of nitrogens with zero attached hydrogens (tertiary/aromatic N) is 2. The van der Waals surface area contributed by atoms with Gasteiger partial charge < -0.3 is 5.73 Å². The highest BCUT2D eigenvalue weighted by molar-refractivity contribution is 6.31. The molecule has 0 aliphatic carbocycles. The average molecular weight is 240 g/mol. The van der Waals surface area contributed by atoms with E-state index in [0.29, 0.717) is 5.82 Å². The van der Waals surface area contributed by atoms with Crippen LogP contribution in [0.15, 0.2) is 18.2 Å². The molecule has 2 aromatic rings. The van der Waals surface area contributed by atoms with Gasteiger partial charge in [0, 0.05) is 18.3 Å². The minimum atomic E-state index is -0.439. The first-order chi connectivity index (χ1) is 7.50. The summed E-state index contributed by atoms with van der Waals surface area (Å²) in [5.41, 5.74) is 8.28. The third-order valence-corrected chi connectivity index (χ3v) is 2.86. The Morgan fingerprint density at radius 1 is 1.44 bits per heavy atom. The van der Waals surface area contributed by atoms with Crippen LogP contribution in [0, 0.1) is 12.7 Å². The number of benzene rings is 1. The van der Waals surface area contributed by atoms with Gasteiger partial charge in [-0.15, -0.1) is 0 Å². The van der Waals surface area contributed by atoms with Crippen molar-refractivity contribution in [1.82, 2.24) is 9.78 Å². The molecule has 2 rings (SSSR count). The van der Waals surface area contributed by atoms with Crippen LogP contribution >= 0.6 is 11.6 Å². The molecule has 84 valence electrons. The molecule has 1 heterocycles. The predicted octanol–water partition coefficient (Wildman–Crippen LogP) is 2.77. The van der Waals surface area contributed by atoms with Crippen molar-refractivity contribution in [2.75, 3.05) is 5.73 Å². The van der Waals surface area contributed by atoms with E-state index in [4.69, 9.17) is 17.3 Å². The van der Waals surface area contributed by atoms with Gasteiger partial charge in [0.15, 0.2) is 5.82 Å². The lowest BCUT2D eigenvalue weighted by Gasteiger charge is -2.03. The van der Waals surface area contributed by atoms with Crippen LogP contribution in [0.25, 0.3) is 11.1 Å². The van der Waals surface area contributed by atoms with Gasteiger partial charge in [-0.05, 0) is 24.6 Å². The van der Waals surface area contributed by atoms with Gasteiger partial charge in [0.05, 0.1) is 5.02 Å². The van der Waals surface area contributed by atoms with Crippen molar-refractivity contribution in [3.05, 3.63) is 34.7 Å². The molecular formula is C11H11ClFN3. The van der Waals surface area contributed by atoms with Gasteiger partial charge >= 0.3 is 0 Å². The first-order valence-corrected chi connectivity index (χ1v) is 5.13. The summed E-state index contributed by atoms with van der Waals surface area (Å²) in [6.45, 7) is 1.90. The van der Waals surface area contributed by atoms with E-state index in [2.05, 4.69) is 5.10 Å². The van der Waals surface area contributed by atoms with Crippen LogP contribution in [0.1, 0.15) is 5.69 Å². The van der Waals surface area contributed by atoms with Gasteiger partial charge in [-0.2, -0.15) is 5.10 Å². The van der Waals surface area contributed by atoms with E-state index in [9.17, 15) is 4.39 Å². The van der Waals surface area contributed by atoms with Crippen molar-refractivity contribution in [3.63, 3.8) is 0 Å². The summed E-state index contributed by atoms with van der Waals surface area (Å²) in [5, 5.41) is 4.18. The Morgan fingerprint density at radius 2 is 2.12 bits per heavy atom. The highest BCUT2D eigenvalue weighted by Gasteiger charge is 2.13. The van der Waals surface area contributed by atoms with E-state index in [1.807, 2.05) is 6.92 Å². The van der Waals surface area contributed by atoms with Gasteiger partial charge in [-0.3, -0.25) is 4.68 Å². The molecule has 0 atom stereocenters. The number of anilines is 1. The maximum Gasteiger partial charge on any atom is 0.153 e. The summed E-state index contributed by atoms with van der Waals surface area (Å²) >= 11 is 5.73. The SMILES string of the molecule is Cc1c(-c2ccc(F)c(Cl)c2)c(N)nn1C. The fraction of sp³-hybridized carbons (Fsp3) is 0.182. The number of aryl methyl sites for hydroxylation is 1.